The van der Waals surface area contributed by atoms with Crippen LogP contribution in [0, 0.1) is 0 Å². The third-order valence-electron chi connectivity index (χ3n) is 2.38. The molecule has 0 bridgehead atoms. The lowest BCUT2D eigenvalue weighted by Crippen LogP contribution is -2.30. The van der Waals surface area contributed by atoms with Gasteiger partial charge in [0, 0.05) is 23.7 Å². The van der Waals surface area contributed by atoms with Gasteiger partial charge in [-0.05, 0) is 30.0 Å². The quantitative estimate of drug-likeness (QED) is 0.817. The van der Waals surface area contributed by atoms with Crippen LogP contribution < -0.4 is 10.9 Å². The van der Waals surface area contributed by atoms with E-state index in [0.29, 0.717) is 11.5 Å². The number of anilines is 1. The van der Waals surface area contributed by atoms with Crippen molar-refractivity contribution in [2.45, 2.75) is 5.75 Å². The molecule has 98 valence electrons. The van der Waals surface area contributed by atoms with E-state index in [1.54, 1.807) is 42.4 Å². The van der Waals surface area contributed by atoms with Crippen LogP contribution in [0.15, 0.2) is 42.7 Å². The van der Waals surface area contributed by atoms with Crippen molar-refractivity contribution in [3.8, 4) is 0 Å². The molecule has 2 rings (SSSR count). The number of hydrogen-bond donors (Lipinski definition) is 2. The van der Waals surface area contributed by atoms with Crippen molar-refractivity contribution >= 4 is 23.6 Å². The molecule has 0 spiro atoms. The maximum Gasteiger partial charge on any atom is 0.269 e. The molecule has 19 heavy (non-hydrogen) atoms. The van der Waals surface area contributed by atoms with E-state index < -0.39 is 0 Å². The van der Waals surface area contributed by atoms with Crippen LogP contribution in [0.2, 0.25) is 0 Å². The third kappa shape index (κ3) is 3.96. The average Bonchev–Trinajstić information content (AvgIpc) is 2.47. The maximum absolute atomic E-state index is 11.9. The lowest BCUT2D eigenvalue weighted by atomic mass is 10.1. The zero-order valence-electron chi connectivity index (χ0n) is 10.5. The molecular weight excluding hydrogens is 260 g/mol. The summed E-state index contributed by atoms with van der Waals surface area (Å²) in [6.07, 6.45) is 5.24. The highest BCUT2D eigenvalue weighted by Gasteiger charge is 2.05. The minimum Gasteiger partial charge on any atom is -0.267 e. The molecule has 6 heteroatoms. The Bertz CT molecular complexity index is 530. The largest absolute Gasteiger partial charge is 0.269 e. The topological polar surface area (TPSA) is 66.9 Å². The van der Waals surface area contributed by atoms with Crippen molar-refractivity contribution in [3.63, 3.8) is 0 Å². The summed E-state index contributed by atoms with van der Waals surface area (Å²) in [6.45, 7) is 0. The molecule has 0 radical (unpaired) electrons. The van der Waals surface area contributed by atoms with Crippen molar-refractivity contribution in [2.75, 3.05) is 11.7 Å². The third-order valence-corrected chi connectivity index (χ3v) is 3.00. The number of nitrogens with zero attached hydrogens (tertiary/aromatic N) is 2. The predicted molar refractivity (Wildman–Crippen MR) is 76.8 cm³/mol. The monoisotopic (exact) mass is 274 g/mol. The summed E-state index contributed by atoms with van der Waals surface area (Å²) in [4.78, 5) is 19.7. The number of rotatable bonds is 5. The molecule has 0 aliphatic rings. The Morgan fingerprint density at radius 2 is 1.89 bits per heavy atom. The van der Waals surface area contributed by atoms with Crippen molar-refractivity contribution in [2.24, 2.45) is 0 Å². The van der Waals surface area contributed by atoms with Gasteiger partial charge < -0.3 is 0 Å². The van der Waals surface area contributed by atoms with Crippen LogP contribution in [0.1, 0.15) is 15.9 Å². The number of carbonyl (C=O) groups excluding carboxylic acids is 1. The first-order chi connectivity index (χ1) is 9.29. The van der Waals surface area contributed by atoms with E-state index in [4.69, 9.17) is 0 Å². The van der Waals surface area contributed by atoms with Gasteiger partial charge in [0.25, 0.3) is 5.91 Å². The zero-order chi connectivity index (χ0) is 13.5. The first kappa shape index (κ1) is 13.4. The molecule has 0 aliphatic carbocycles. The Labute approximate surface area is 115 Å². The van der Waals surface area contributed by atoms with Crippen molar-refractivity contribution in [3.05, 3.63) is 53.9 Å². The van der Waals surface area contributed by atoms with Crippen LogP contribution in [0.3, 0.4) is 0 Å². The molecule has 1 heterocycles. The molecule has 1 aromatic heterocycles. The van der Waals surface area contributed by atoms with E-state index in [-0.39, 0.29) is 5.91 Å². The summed E-state index contributed by atoms with van der Waals surface area (Å²) in [5.41, 5.74) is 6.99. The molecule has 5 nitrogen and oxygen atoms in total. The number of amides is 1. The predicted octanol–water partition coefficient (Wildman–Crippen LogP) is 2.10. The van der Waals surface area contributed by atoms with Crippen LogP contribution in [-0.4, -0.2) is 22.1 Å². The van der Waals surface area contributed by atoms with Crippen LogP contribution >= 0.6 is 11.8 Å². The van der Waals surface area contributed by atoms with Gasteiger partial charge in [0.15, 0.2) is 0 Å². The fourth-order valence-electron chi connectivity index (χ4n) is 1.47. The molecule has 1 aromatic carbocycles. The molecule has 0 unspecified atom stereocenters. The van der Waals surface area contributed by atoms with Crippen LogP contribution in [0.4, 0.5) is 5.95 Å². The van der Waals surface area contributed by atoms with Crippen LogP contribution in [0.25, 0.3) is 0 Å². The van der Waals surface area contributed by atoms with E-state index in [1.807, 2.05) is 18.4 Å². The summed E-state index contributed by atoms with van der Waals surface area (Å²) in [5.74, 6) is 1.08. The second kappa shape index (κ2) is 6.75. The highest BCUT2D eigenvalue weighted by atomic mass is 32.2. The van der Waals surface area contributed by atoms with Crippen LogP contribution in [-0.2, 0) is 5.75 Å². The molecule has 0 saturated heterocycles. The minimum absolute atomic E-state index is 0.219. The van der Waals surface area contributed by atoms with Crippen molar-refractivity contribution in [1.29, 1.82) is 0 Å². The van der Waals surface area contributed by atoms with E-state index >= 15 is 0 Å². The highest BCUT2D eigenvalue weighted by molar-refractivity contribution is 7.97. The number of hydrogen-bond acceptors (Lipinski definition) is 5. The van der Waals surface area contributed by atoms with Gasteiger partial charge in [-0.1, -0.05) is 12.1 Å². The zero-order valence-corrected chi connectivity index (χ0v) is 11.3. The number of benzene rings is 1. The van der Waals surface area contributed by atoms with Gasteiger partial charge in [-0.15, -0.1) is 0 Å². The summed E-state index contributed by atoms with van der Waals surface area (Å²) in [5, 5.41) is 0. The number of nitrogens with one attached hydrogen (secondary N) is 2. The van der Waals surface area contributed by atoms with Gasteiger partial charge in [-0.2, -0.15) is 11.8 Å². The Morgan fingerprint density at radius 1 is 1.21 bits per heavy atom. The average molecular weight is 274 g/mol. The molecule has 1 amide bonds. The lowest BCUT2D eigenvalue weighted by Gasteiger charge is -2.07. The van der Waals surface area contributed by atoms with Crippen molar-refractivity contribution < 1.29 is 4.79 Å². The Balaban J connectivity index is 1.92. The molecule has 0 saturated carbocycles. The fourth-order valence-corrected chi connectivity index (χ4v) is 1.99. The summed E-state index contributed by atoms with van der Waals surface area (Å²) in [6, 6.07) is 9.20. The molecule has 2 aromatic rings. The summed E-state index contributed by atoms with van der Waals surface area (Å²) in [7, 11) is 0. The number of carbonyl (C=O) groups is 1. The van der Waals surface area contributed by atoms with Gasteiger partial charge >= 0.3 is 0 Å². The van der Waals surface area contributed by atoms with E-state index in [0.717, 1.165) is 5.75 Å². The second-order valence-electron chi connectivity index (χ2n) is 3.78. The first-order valence-corrected chi connectivity index (χ1v) is 7.10. The van der Waals surface area contributed by atoms with Gasteiger partial charge in [-0.25, -0.2) is 9.97 Å². The Kier molecular flexibility index (Phi) is 4.74. The van der Waals surface area contributed by atoms with Gasteiger partial charge in [-0.3, -0.25) is 15.6 Å². The van der Waals surface area contributed by atoms with Gasteiger partial charge in [0.1, 0.15) is 0 Å². The molecule has 0 aliphatic heterocycles. The molecule has 0 atom stereocenters. The normalized spacial score (nSPS) is 9.95. The maximum atomic E-state index is 11.9. The first-order valence-electron chi connectivity index (χ1n) is 5.71. The summed E-state index contributed by atoms with van der Waals surface area (Å²) < 4.78 is 0. The fraction of sp³-hybridized carbons (Fsp3) is 0.154. The molecule has 0 fully saturated rings. The smallest absolute Gasteiger partial charge is 0.267 e. The lowest BCUT2D eigenvalue weighted by molar-refractivity contribution is 0.0962. The number of thioether (sulfide) groups is 1. The van der Waals surface area contributed by atoms with Crippen LogP contribution in [0.5, 0.6) is 0 Å². The molecular formula is C13H14N4OS. The Hall–Kier alpha value is -2.08. The molecule has 2 N–H and O–H groups in total. The van der Waals surface area contributed by atoms with Crippen molar-refractivity contribution in [1.82, 2.24) is 15.4 Å². The number of hydrazine groups is 1. The van der Waals surface area contributed by atoms with E-state index in [9.17, 15) is 4.79 Å². The van der Waals surface area contributed by atoms with Gasteiger partial charge in [0.2, 0.25) is 5.95 Å². The van der Waals surface area contributed by atoms with E-state index in [2.05, 4.69) is 20.8 Å². The highest BCUT2D eigenvalue weighted by Crippen LogP contribution is 2.10. The Morgan fingerprint density at radius 3 is 2.53 bits per heavy atom. The second-order valence-corrected chi connectivity index (χ2v) is 4.65. The van der Waals surface area contributed by atoms with E-state index in [1.165, 1.54) is 5.56 Å². The SMILES string of the molecule is CSCc1ccc(C(=O)NNc2ncccn2)cc1. The summed E-state index contributed by atoms with van der Waals surface area (Å²) >= 11 is 1.75. The standard InChI is InChI=1S/C13H14N4OS/c1-19-9-10-3-5-11(6-4-10)12(18)16-17-13-14-7-2-8-15-13/h2-8H,9H2,1H3,(H,16,18)(H,14,15,17). The van der Waals surface area contributed by atoms with Gasteiger partial charge in [0.05, 0.1) is 0 Å². The number of aromatic nitrogens is 2. The minimum atomic E-state index is -0.219.